The van der Waals surface area contributed by atoms with E-state index >= 15 is 0 Å². The highest BCUT2D eigenvalue weighted by Gasteiger charge is 2.30. The van der Waals surface area contributed by atoms with Gasteiger partial charge in [0.2, 0.25) is 5.88 Å². The Balaban J connectivity index is 1.83. The van der Waals surface area contributed by atoms with Gasteiger partial charge in [-0.25, -0.2) is 4.98 Å². The molecule has 2 rings (SSSR count). The fourth-order valence-corrected chi connectivity index (χ4v) is 3.01. The van der Waals surface area contributed by atoms with Gasteiger partial charge in [0, 0.05) is 23.9 Å². The van der Waals surface area contributed by atoms with Crippen molar-refractivity contribution in [3.8, 4) is 17.4 Å². The molecule has 0 aliphatic rings. The van der Waals surface area contributed by atoms with E-state index in [1.807, 2.05) is 0 Å². The number of alkyl halides is 3. The molecule has 2 aromatic rings. The zero-order valence-electron chi connectivity index (χ0n) is 18.3. The molecule has 0 bridgehead atoms. The molecular formula is C22H22Cl3F3N2O4. The van der Waals surface area contributed by atoms with Crippen molar-refractivity contribution in [2.45, 2.75) is 25.9 Å². The first-order valence-corrected chi connectivity index (χ1v) is 11.1. The molecule has 1 aromatic heterocycles. The summed E-state index contributed by atoms with van der Waals surface area (Å²) in [5, 5.41) is 4.42. The fraction of sp³-hybridized carbons (Fsp3) is 0.364. The minimum atomic E-state index is -4.43. The third-order valence-electron chi connectivity index (χ3n) is 4.24. The first kappa shape index (κ1) is 27.9. The molecular weight excluding hydrogens is 520 g/mol. The third-order valence-corrected chi connectivity index (χ3v) is 4.83. The summed E-state index contributed by atoms with van der Waals surface area (Å²) in [6, 6.07) is 5.41. The Labute approximate surface area is 210 Å². The van der Waals surface area contributed by atoms with Crippen LogP contribution in [0.25, 0.3) is 0 Å². The van der Waals surface area contributed by atoms with Gasteiger partial charge in [0.25, 0.3) is 0 Å². The van der Waals surface area contributed by atoms with Crippen LogP contribution < -0.4 is 14.2 Å². The van der Waals surface area contributed by atoms with Crippen molar-refractivity contribution in [3.63, 3.8) is 0 Å². The van der Waals surface area contributed by atoms with Gasteiger partial charge in [-0.05, 0) is 38.0 Å². The van der Waals surface area contributed by atoms with Gasteiger partial charge in [-0.2, -0.15) is 13.2 Å². The highest BCUT2D eigenvalue weighted by atomic mass is 35.5. The van der Waals surface area contributed by atoms with E-state index in [9.17, 15) is 13.2 Å². The van der Waals surface area contributed by atoms with E-state index in [0.717, 1.165) is 12.3 Å². The molecule has 186 valence electrons. The molecule has 0 N–H and O–H groups in total. The van der Waals surface area contributed by atoms with Crippen molar-refractivity contribution in [2.24, 2.45) is 5.16 Å². The third kappa shape index (κ3) is 9.12. The van der Waals surface area contributed by atoms with Crippen LogP contribution in [-0.4, -0.2) is 37.6 Å². The van der Waals surface area contributed by atoms with Gasteiger partial charge in [0.15, 0.2) is 0 Å². The summed E-state index contributed by atoms with van der Waals surface area (Å²) in [4.78, 5) is 9.00. The fourth-order valence-electron chi connectivity index (χ4n) is 2.60. The maximum atomic E-state index is 12.5. The van der Waals surface area contributed by atoms with E-state index in [1.54, 1.807) is 19.1 Å². The average molecular weight is 542 g/mol. The highest BCUT2D eigenvalue weighted by Crippen LogP contribution is 2.34. The molecule has 12 heteroatoms. The molecule has 0 saturated carbocycles. The van der Waals surface area contributed by atoms with E-state index in [0.29, 0.717) is 47.2 Å². The summed E-state index contributed by atoms with van der Waals surface area (Å²) in [6.07, 6.45) is -1.01. The number of oxime groups is 1. The lowest BCUT2D eigenvalue weighted by molar-refractivity contribution is -0.137. The number of unbranched alkanes of at least 4 members (excludes halogenated alkanes) is 1. The number of hydrogen-bond acceptors (Lipinski definition) is 6. The molecule has 0 amide bonds. The number of halogens is 6. The topological polar surface area (TPSA) is 62.2 Å². The molecule has 0 fully saturated rings. The number of aromatic nitrogens is 1. The van der Waals surface area contributed by atoms with E-state index < -0.39 is 11.7 Å². The van der Waals surface area contributed by atoms with Crippen molar-refractivity contribution >= 4 is 40.5 Å². The first-order valence-electron chi connectivity index (χ1n) is 9.96. The van der Waals surface area contributed by atoms with E-state index in [2.05, 4.69) is 10.1 Å². The molecule has 0 unspecified atom stereocenters. The number of ether oxygens (including phenoxy) is 3. The molecule has 1 aromatic carbocycles. The molecule has 0 saturated heterocycles. The molecule has 0 spiro atoms. The summed E-state index contributed by atoms with van der Waals surface area (Å²) in [6.45, 7) is 2.45. The van der Waals surface area contributed by atoms with Gasteiger partial charge in [-0.3, -0.25) is 0 Å². The van der Waals surface area contributed by atoms with Crippen LogP contribution in [0.1, 0.15) is 30.9 Å². The van der Waals surface area contributed by atoms with Gasteiger partial charge < -0.3 is 19.0 Å². The maximum Gasteiger partial charge on any atom is 0.417 e. The minimum absolute atomic E-state index is 0.0898. The molecule has 6 nitrogen and oxygen atoms in total. The lowest BCUT2D eigenvalue weighted by atomic mass is 10.1. The highest BCUT2D eigenvalue weighted by molar-refractivity contribution is 6.55. The molecule has 0 aliphatic heterocycles. The van der Waals surface area contributed by atoms with Crippen molar-refractivity contribution in [2.75, 3.05) is 26.9 Å². The van der Waals surface area contributed by atoms with Crippen LogP contribution in [0.2, 0.25) is 5.02 Å². The Kier molecular flexibility index (Phi) is 11.1. The molecule has 0 aliphatic carbocycles. The quantitative estimate of drug-likeness (QED) is 0.164. The number of pyridine rings is 1. The summed E-state index contributed by atoms with van der Waals surface area (Å²) < 4.78 is 53.9. The molecule has 1 heterocycles. The van der Waals surface area contributed by atoms with Gasteiger partial charge in [0.1, 0.15) is 29.2 Å². The summed E-state index contributed by atoms with van der Waals surface area (Å²) in [7, 11) is 1.49. The van der Waals surface area contributed by atoms with Crippen LogP contribution in [0.3, 0.4) is 0 Å². The number of nitrogens with zero attached hydrogens (tertiary/aromatic N) is 2. The number of rotatable bonds is 12. The lowest BCUT2D eigenvalue weighted by Crippen LogP contribution is -2.06. The van der Waals surface area contributed by atoms with Crippen molar-refractivity contribution < 1.29 is 32.2 Å². The second-order valence-corrected chi connectivity index (χ2v) is 8.15. The summed E-state index contributed by atoms with van der Waals surface area (Å²) >= 11 is 17.4. The average Bonchev–Trinajstić information content (AvgIpc) is 2.77. The predicted octanol–water partition coefficient (Wildman–Crippen LogP) is 7.06. The predicted molar refractivity (Wildman–Crippen MR) is 125 cm³/mol. The normalized spacial score (nSPS) is 11.7. The minimum Gasteiger partial charge on any atom is -0.494 e. The zero-order chi connectivity index (χ0) is 25.1. The first-order chi connectivity index (χ1) is 16.1. The van der Waals surface area contributed by atoms with Crippen molar-refractivity contribution in [3.05, 3.63) is 57.2 Å². The van der Waals surface area contributed by atoms with Crippen LogP contribution in [0.5, 0.6) is 17.4 Å². The largest absolute Gasteiger partial charge is 0.494 e. The summed E-state index contributed by atoms with van der Waals surface area (Å²) in [5.74, 6) is 1.01. The Hall–Kier alpha value is -2.36. The Morgan fingerprint density at radius 2 is 1.85 bits per heavy atom. The van der Waals surface area contributed by atoms with Crippen molar-refractivity contribution in [1.82, 2.24) is 4.98 Å². The molecule has 0 atom stereocenters. The van der Waals surface area contributed by atoms with Crippen molar-refractivity contribution in [1.29, 1.82) is 0 Å². The Morgan fingerprint density at radius 1 is 1.12 bits per heavy atom. The van der Waals surface area contributed by atoms with Crippen LogP contribution in [-0.2, 0) is 11.0 Å². The van der Waals surface area contributed by atoms with E-state index in [4.69, 9.17) is 53.9 Å². The van der Waals surface area contributed by atoms with Gasteiger partial charge in [-0.15, -0.1) is 0 Å². The standard InChI is InChI=1S/C22H22Cl3F3N2O4/c1-14(17-11-16(32-10-7-19(24)25)12-18(23)21(17)31-2)30-34-9-4-3-8-33-20-6-5-15(13-29-20)22(26,27)28/h5-7,11-13H,3-4,8-10H2,1-2H3. The number of methoxy groups -OCH3 is 1. The van der Waals surface area contributed by atoms with Gasteiger partial charge in [-0.1, -0.05) is 40.0 Å². The Morgan fingerprint density at radius 3 is 2.47 bits per heavy atom. The second kappa shape index (κ2) is 13.5. The molecule has 0 radical (unpaired) electrons. The smallest absolute Gasteiger partial charge is 0.417 e. The van der Waals surface area contributed by atoms with Crippen LogP contribution in [0.15, 0.2) is 46.2 Å². The Bertz CT molecular complexity index is 996. The number of benzene rings is 1. The van der Waals surface area contributed by atoms with Gasteiger partial charge >= 0.3 is 6.18 Å². The number of hydrogen-bond donors (Lipinski definition) is 0. The maximum absolute atomic E-state index is 12.5. The van der Waals surface area contributed by atoms with Gasteiger partial charge in [0.05, 0.1) is 30.0 Å². The second-order valence-electron chi connectivity index (χ2n) is 6.74. The van der Waals surface area contributed by atoms with Crippen LogP contribution in [0.4, 0.5) is 13.2 Å². The monoisotopic (exact) mass is 540 g/mol. The summed E-state index contributed by atoms with van der Waals surface area (Å²) in [5.41, 5.74) is 0.274. The van der Waals surface area contributed by atoms with E-state index in [-0.39, 0.29) is 23.6 Å². The zero-order valence-corrected chi connectivity index (χ0v) is 20.6. The SMILES string of the molecule is COc1c(Cl)cc(OCC=C(Cl)Cl)cc1C(C)=NOCCCCOc1ccc(C(F)(F)F)cn1. The lowest BCUT2D eigenvalue weighted by Gasteiger charge is -2.13. The van der Waals surface area contributed by atoms with E-state index in [1.165, 1.54) is 19.3 Å². The molecule has 34 heavy (non-hydrogen) atoms. The van der Waals surface area contributed by atoms with Crippen LogP contribution >= 0.6 is 34.8 Å². The van der Waals surface area contributed by atoms with Crippen LogP contribution in [0, 0.1) is 0 Å².